The molecule has 1 aliphatic rings. The second kappa shape index (κ2) is 12.6. The Hall–Kier alpha value is -3.80. The van der Waals surface area contributed by atoms with Crippen LogP contribution in [0.4, 0.5) is 11.4 Å². The molecule has 0 atom stereocenters. The minimum atomic E-state index is -0.188. The van der Waals surface area contributed by atoms with Gasteiger partial charge in [0.05, 0.1) is 18.8 Å². The van der Waals surface area contributed by atoms with Gasteiger partial charge in [0.25, 0.3) is 5.91 Å². The van der Waals surface area contributed by atoms with E-state index in [1.165, 1.54) is 12.0 Å². The third-order valence-electron chi connectivity index (χ3n) is 6.07. The molecule has 0 radical (unpaired) electrons. The Bertz CT molecular complexity index is 1110. The molecule has 0 aliphatic carbocycles. The third-order valence-corrected chi connectivity index (χ3v) is 6.07. The maximum absolute atomic E-state index is 12.8. The second-order valence-electron chi connectivity index (χ2n) is 8.77. The number of ether oxygens (including phenoxy) is 1. The van der Waals surface area contributed by atoms with Crippen molar-refractivity contribution in [1.29, 1.82) is 0 Å². The van der Waals surface area contributed by atoms with Gasteiger partial charge in [-0.25, -0.2) is 0 Å². The van der Waals surface area contributed by atoms with E-state index in [-0.39, 0.29) is 18.4 Å². The lowest BCUT2D eigenvalue weighted by atomic mass is 10.1. The number of rotatable bonds is 10. The number of anilines is 2. The predicted octanol–water partition coefficient (Wildman–Crippen LogP) is 5.37. The molecule has 0 saturated carbocycles. The summed E-state index contributed by atoms with van der Waals surface area (Å²) in [5.74, 6) is 0.561. The number of aryl methyl sites for hydroxylation is 1. The van der Waals surface area contributed by atoms with E-state index in [2.05, 4.69) is 22.8 Å². The van der Waals surface area contributed by atoms with Crippen molar-refractivity contribution in [1.82, 2.24) is 4.90 Å². The van der Waals surface area contributed by atoms with Crippen LogP contribution in [0.5, 0.6) is 5.75 Å². The Morgan fingerprint density at radius 1 is 0.857 bits per heavy atom. The summed E-state index contributed by atoms with van der Waals surface area (Å²) in [6, 6.07) is 25.1. The van der Waals surface area contributed by atoms with Gasteiger partial charge >= 0.3 is 0 Å². The first kappa shape index (κ1) is 24.3. The van der Waals surface area contributed by atoms with Gasteiger partial charge < -0.3 is 20.3 Å². The van der Waals surface area contributed by atoms with Gasteiger partial charge in [0.15, 0.2) is 0 Å². The van der Waals surface area contributed by atoms with Gasteiger partial charge in [0.1, 0.15) is 5.75 Å². The van der Waals surface area contributed by atoms with Crippen molar-refractivity contribution in [3.05, 3.63) is 90.0 Å². The van der Waals surface area contributed by atoms with Gasteiger partial charge in [-0.15, -0.1) is 0 Å². The van der Waals surface area contributed by atoms with E-state index in [4.69, 9.17) is 4.74 Å². The van der Waals surface area contributed by atoms with Crippen molar-refractivity contribution >= 4 is 23.2 Å². The molecule has 6 heteroatoms. The van der Waals surface area contributed by atoms with Gasteiger partial charge in [-0.1, -0.05) is 48.5 Å². The molecule has 35 heavy (non-hydrogen) atoms. The van der Waals surface area contributed by atoms with Crippen molar-refractivity contribution in [2.24, 2.45) is 0 Å². The summed E-state index contributed by atoms with van der Waals surface area (Å²) in [5, 5.41) is 6.06. The number of para-hydroxylation sites is 2. The zero-order valence-electron chi connectivity index (χ0n) is 20.0. The molecule has 4 rings (SSSR count). The lowest BCUT2D eigenvalue weighted by Gasteiger charge is -2.26. The predicted molar refractivity (Wildman–Crippen MR) is 140 cm³/mol. The number of carbonyl (C=O) groups excluding carboxylic acids is 2. The summed E-state index contributed by atoms with van der Waals surface area (Å²) in [4.78, 5) is 27.2. The molecule has 182 valence electrons. The number of benzene rings is 3. The van der Waals surface area contributed by atoms with Gasteiger partial charge in [-0.2, -0.15) is 0 Å². The first-order chi connectivity index (χ1) is 17.2. The summed E-state index contributed by atoms with van der Waals surface area (Å²) in [5.41, 5.74) is 3.29. The molecule has 2 amide bonds. The highest BCUT2D eigenvalue weighted by molar-refractivity contribution is 5.98. The highest BCUT2D eigenvalue weighted by Gasteiger charge is 2.18. The fourth-order valence-corrected chi connectivity index (χ4v) is 4.23. The molecular formula is C29H33N3O3. The lowest BCUT2D eigenvalue weighted by Crippen LogP contribution is -2.35. The number of nitrogens with one attached hydrogen (secondary N) is 2. The summed E-state index contributed by atoms with van der Waals surface area (Å²) in [6.07, 6.45) is 5.14. The standard InChI is InChI=1S/C29H33N3O3/c33-28(31-25-15-9-14-24(21-25)29(34)32-18-7-2-8-19-32)22-30-26-16-5-6-17-27(26)35-20-10-13-23-11-3-1-4-12-23/h1,3-6,9,11-12,14-17,21,30H,2,7-8,10,13,18-20,22H2,(H,31,33). The van der Waals surface area contributed by atoms with Crippen LogP contribution in [0.3, 0.4) is 0 Å². The highest BCUT2D eigenvalue weighted by atomic mass is 16.5. The smallest absolute Gasteiger partial charge is 0.253 e. The zero-order chi connectivity index (χ0) is 24.3. The molecule has 2 N–H and O–H groups in total. The van der Waals surface area contributed by atoms with Crippen LogP contribution in [-0.2, 0) is 11.2 Å². The Morgan fingerprint density at radius 2 is 1.63 bits per heavy atom. The Labute approximate surface area is 207 Å². The van der Waals surface area contributed by atoms with E-state index in [0.29, 0.717) is 17.9 Å². The summed E-state index contributed by atoms with van der Waals surface area (Å²) < 4.78 is 5.97. The largest absolute Gasteiger partial charge is 0.491 e. The number of hydrogen-bond acceptors (Lipinski definition) is 4. The molecule has 3 aromatic carbocycles. The lowest BCUT2D eigenvalue weighted by molar-refractivity contribution is -0.114. The molecule has 0 bridgehead atoms. The SMILES string of the molecule is O=C(CNc1ccccc1OCCCc1ccccc1)Nc1cccc(C(=O)N2CCCCC2)c1. The van der Waals surface area contributed by atoms with E-state index in [0.717, 1.165) is 50.2 Å². The van der Waals surface area contributed by atoms with Crippen LogP contribution in [-0.4, -0.2) is 43.0 Å². The van der Waals surface area contributed by atoms with Crippen LogP contribution in [0, 0.1) is 0 Å². The van der Waals surface area contributed by atoms with Crippen molar-refractivity contribution in [3.63, 3.8) is 0 Å². The maximum atomic E-state index is 12.8. The van der Waals surface area contributed by atoms with Crippen LogP contribution < -0.4 is 15.4 Å². The van der Waals surface area contributed by atoms with Crippen molar-refractivity contribution < 1.29 is 14.3 Å². The van der Waals surface area contributed by atoms with E-state index in [1.54, 1.807) is 24.3 Å². The van der Waals surface area contributed by atoms with E-state index >= 15 is 0 Å². The first-order valence-electron chi connectivity index (χ1n) is 12.4. The monoisotopic (exact) mass is 471 g/mol. The first-order valence-corrected chi connectivity index (χ1v) is 12.4. The van der Waals surface area contributed by atoms with Crippen LogP contribution in [0.1, 0.15) is 41.6 Å². The van der Waals surface area contributed by atoms with E-state index in [1.807, 2.05) is 47.4 Å². The van der Waals surface area contributed by atoms with E-state index in [9.17, 15) is 9.59 Å². The number of amides is 2. The summed E-state index contributed by atoms with van der Waals surface area (Å²) >= 11 is 0. The minimum Gasteiger partial charge on any atom is -0.491 e. The highest BCUT2D eigenvalue weighted by Crippen LogP contribution is 2.24. The van der Waals surface area contributed by atoms with Crippen LogP contribution >= 0.6 is 0 Å². The molecule has 1 aliphatic heterocycles. The average Bonchev–Trinajstić information content (AvgIpc) is 2.91. The topological polar surface area (TPSA) is 70.7 Å². The molecule has 1 saturated heterocycles. The normalized spacial score (nSPS) is 13.2. The van der Waals surface area contributed by atoms with Crippen LogP contribution in [0.25, 0.3) is 0 Å². The van der Waals surface area contributed by atoms with Crippen molar-refractivity contribution in [2.45, 2.75) is 32.1 Å². The van der Waals surface area contributed by atoms with Crippen LogP contribution in [0.2, 0.25) is 0 Å². The van der Waals surface area contributed by atoms with Gasteiger partial charge in [0.2, 0.25) is 5.91 Å². The molecule has 1 fully saturated rings. The van der Waals surface area contributed by atoms with Gasteiger partial charge in [0, 0.05) is 24.3 Å². The Morgan fingerprint density at radius 3 is 2.46 bits per heavy atom. The van der Waals surface area contributed by atoms with Crippen LogP contribution in [0.15, 0.2) is 78.9 Å². The van der Waals surface area contributed by atoms with Crippen molar-refractivity contribution in [3.8, 4) is 5.75 Å². The Kier molecular flexibility index (Phi) is 8.76. The van der Waals surface area contributed by atoms with Crippen molar-refractivity contribution in [2.75, 3.05) is 36.9 Å². The molecule has 0 unspecified atom stereocenters. The number of likely N-dealkylation sites (tertiary alicyclic amines) is 1. The fraction of sp³-hybridized carbons (Fsp3) is 0.310. The van der Waals surface area contributed by atoms with Gasteiger partial charge in [-0.05, 0) is 68.0 Å². The zero-order valence-corrected chi connectivity index (χ0v) is 20.0. The second-order valence-corrected chi connectivity index (χ2v) is 8.77. The van der Waals surface area contributed by atoms with E-state index < -0.39 is 0 Å². The maximum Gasteiger partial charge on any atom is 0.253 e. The summed E-state index contributed by atoms with van der Waals surface area (Å²) in [6.45, 7) is 2.28. The number of hydrogen-bond donors (Lipinski definition) is 2. The number of piperidine rings is 1. The minimum absolute atomic E-state index is 0.0252. The Balaban J connectivity index is 1.26. The quantitative estimate of drug-likeness (QED) is 0.390. The molecule has 1 heterocycles. The fourth-order valence-electron chi connectivity index (χ4n) is 4.23. The molecule has 3 aromatic rings. The number of carbonyl (C=O) groups is 2. The van der Waals surface area contributed by atoms with Gasteiger partial charge in [-0.3, -0.25) is 9.59 Å². The molecule has 0 aromatic heterocycles. The summed E-state index contributed by atoms with van der Waals surface area (Å²) in [7, 11) is 0. The number of nitrogens with zero attached hydrogens (tertiary/aromatic N) is 1. The third kappa shape index (κ3) is 7.34. The average molecular weight is 472 g/mol. The molecular weight excluding hydrogens is 438 g/mol. The molecule has 6 nitrogen and oxygen atoms in total. The molecule has 0 spiro atoms.